The predicted octanol–water partition coefficient (Wildman–Crippen LogP) is 1.72. The van der Waals surface area contributed by atoms with Gasteiger partial charge in [-0.3, -0.25) is 4.68 Å². The van der Waals surface area contributed by atoms with Gasteiger partial charge in [0.25, 0.3) is 0 Å². The van der Waals surface area contributed by atoms with Crippen molar-refractivity contribution < 1.29 is 8.42 Å². The molecule has 21 heavy (non-hydrogen) atoms. The zero-order chi connectivity index (χ0) is 15.0. The fraction of sp³-hybridized carbons (Fsp3) is 0.800. The molecule has 0 radical (unpaired) electrons. The van der Waals surface area contributed by atoms with E-state index in [0.717, 1.165) is 44.5 Å². The maximum absolute atomic E-state index is 11.9. The highest BCUT2D eigenvalue weighted by Gasteiger charge is 2.30. The zero-order valence-corrected chi connectivity index (χ0v) is 13.7. The number of nitrogens with zero attached hydrogens (tertiary/aromatic N) is 2. The summed E-state index contributed by atoms with van der Waals surface area (Å²) in [6.07, 6.45) is 3.98. The van der Waals surface area contributed by atoms with Gasteiger partial charge in [-0.05, 0) is 64.1 Å². The van der Waals surface area contributed by atoms with Crippen LogP contribution in [-0.2, 0) is 9.84 Å². The largest absolute Gasteiger partial charge is 0.317 e. The molecule has 0 bridgehead atoms. The molecule has 2 fully saturated rings. The maximum atomic E-state index is 11.9. The predicted molar refractivity (Wildman–Crippen MR) is 83.5 cm³/mol. The molecule has 3 heterocycles. The van der Waals surface area contributed by atoms with Crippen LogP contribution in [0.5, 0.6) is 0 Å². The van der Waals surface area contributed by atoms with Crippen molar-refractivity contribution in [2.75, 3.05) is 24.6 Å². The molecule has 3 rings (SSSR count). The third-order valence-corrected chi connectivity index (χ3v) is 6.72. The lowest BCUT2D eigenvalue weighted by atomic mass is 9.89. The lowest BCUT2D eigenvalue weighted by Gasteiger charge is -2.25. The van der Waals surface area contributed by atoms with E-state index >= 15 is 0 Å². The van der Waals surface area contributed by atoms with Gasteiger partial charge in [0.2, 0.25) is 0 Å². The maximum Gasteiger partial charge on any atom is 0.152 e. The molecule has 2 saturated heterocycles. The molecule has 1 aromatic heterocycles. The molecule has 2 aliphatic rings. The minimum absolute atomic E-state index is 0.0258. The smallest absolute Gasteiger partial charge is 0.152 e. The Bertz CT molecular complexity index is 615. The summed E-state index contributed by atoms with van der Waals surface area (Å²) in [6, 6.07) is 0.0258. The van der Waals surface area contributed by atoms with Crippen LogP contribution in [0.2, 0.25) is 0 Å². The monoisotopic (exact) mass is 311 g/mol. The van der Waals surface area contributed by atoms with Crippen molar-refractivity contribution in [1.82, 2.24) is 15.1 Å². The van der Waals surface area contributed by atoms with Gasteiger partial charge in [-0.15, -0.1) is 0 Å². The topological polar surface area (TPSA) is 64.0 Å². The van der Waals surface area contributed by atoms with Crippen molar-refractivity contribution >= 4 is 9.84 Å². The second-order valence-electron chi connectivity index (χ2n) is 6.46. The second-order valence-corrected chi connectivity index (χ2v) is 8.69. The summed E-state index contributed by atoms with van der Waals surface area (Å²) in [7, 11) is -2.90. The highest BCUT2D eigenvalue weighted by atomic mass is 32.2. The van der Waals surface area contributed by atoms with Gasteiger partial charge in [-0.25, -0.2) is 8.42 Å². The molecule has 1 atom stereocenters. The van der Waals surface area contributed by atoms with Crippen LogP contribution in [0.15, 0.2) is 0 Å². The van der Waals surface area contributed by atoms with Crippen LogP contribution < -0.4 is 5.32 Å². The third kappa shape index (κ3) is 3.01. The first kappa shape index (κ1) is 15.0. The van der Waals surface area contributed by atoms with Crippen LogP contribution >= 0.6 is 0 Å². The number of rotatable bonds is 2. The molecule has 1 aromatic rings. The first-order chi connectivity index (χ1) is 9.98. The summed E-state index contributed by atoms with van der Waals surface area (Å²) in [6.45, 7) is 6.30. The molecule has 1 N–H and O–H groups in total. The molecule has 118 valence electrons. The van der Waals surface area contributed by atoms with E-state index in [0.29, 0.717) is 11.7 Å². The number of hydrogen-bond acceptors (Lipinski definition) is 4. The van der Waals surface area contributed by atoms with Crippen LogP contribution in [0.3, 0.4) is 0 Å². The van der Waals surface area contributed by atoms with Crippen LogP contribution in [-0.4, -0.2) is 42.8 Å². The normalized spacial score (nSPS) is 26.9. The zero-order valence-electron chi connectivity index (χ0n) is 12.9. The Labute approximate surface area is 127 Å². The summed E-state index contributed by atoms with van der Waals surface area (Å²) >= 11 is 0. The molecule has 0 aromatic carbocycles. The molecular weight excluding hydrogens is 286 g/mol. The minimum atomic E-state index is -2.90. The Morgan fingerprint density at radius 1 is 1.19 bits per heavy atom. The van der Waals surface area contributed by atoms with Crippen LogP contribution in [0.4, 0.5) is 0 Å². The molecular formula is C15H25N3O2S. The van der Waals surface area contributed by atoms with E-state index in [-0.39, 0.29) is 11.8 Å². The number of aromatic nitrogens is 2. The van der Waals surface area contributed by atoms with Gasteiger partial charge in [-0.1, -0.05) is 0 Å². The summed E-state index contributed by atoms with van der Waals surface area (Å²) in [5.74, 6) is 1.16. The first-order valence-electron chi connectivity index (χ1n) is 7.94. The lowest BCUT2D eigenvalue weighted by Crippen LogP contribution is -2.29. The number of aryl methyl sites for hydroxylation is 1. The highest BCUT2D eigenvalue weighted by molar-refractivity contribution is 7.91. The van der Waals surface area contributed by atoms with Crippen molar-refractivity contribution in [2.45, 2.75) is 51.5 Å². The van der Waals surface area contributed by atoms with Crippen molar-refractivity contribution in [3.05, 3.63) is 17.0 Å². The summed E-state index contributed by atoms with van der Waals surface area (Å²) < 4.78 is 25.8. The Balaban J connectivity index is 1.90. The van der Waals surface area contributed by atoms with Gasteiger partial charge in [0, 0.05) is 5.69 Å². The standard InChI is InChI=1S/C15H25N3O2S/c1-11-15(13-5-7-16-8-6-13)12(2)18(17-11)14-4-3-9-21(19,20)10-14/h13-14,16H,3-10H2,1-2H3. The lowest BCUT2D eigenvalue weighted by molar-refractivity contribution is 0.423. The van der Waals surface area contributed by atoms with E-state index in [1.165, 1.54) is 11.3 Å². The Hall–Kier alpha value is -0.880. The van der Waals surface area contributed by atoms with Crippen molar-refractivity contribution in [3.8, 4) is 0 Å². The number of sulfone groups is 1. The van der Waals surface area contributed by atoms with E-state index in [4.69, 9.17) is 5.10 Å². The van der Waals surface area contributed by atoms with E-state index in [1.54, 1.807) is 0 Å². The van der Waals surface area contributed by atoms with Gasteiger partial charge in [0.05, 0.1) is 23.2 Å². The Morgan fingerprint density at radius 2 is 1.90 bits per heavy atom. The summed E-state index contributed by atoms with van der Waals surface area (Å²) in [4.78, 5) is 0. The quantitative estimate of drug-likeness (QED) is 0.903. The Kier molecular flexibility index (Phi) is 4.10. The molecule has 0 saturated carbocycles. The number of nitrogens with one attached hydrogen (secondary N) is 1. The molecule has 1 unspecified atom stereocenters. The fourth-order valence-corrected chi connectivity index (χ4v) is 5.59. The summed E-state index contributed by atoms with van der Waals surface area (Å²) in [5, 5.41) is 8.10. The number of hydrogen-bond donors (Lipinski definition) is 1. The molecule has 5 nitrogen and oxygen atoms in total. The Morgan fingerprint density at radius 3 is 2.57 bits per heavy atom. The minimum Gasteiger partial charge on any atom is -0.317 e. The second kappa shape index (κ2) is 5.72. The van der Waals surface area contributed by atoms with E-state index in [1.807, 2.05) is 4.68 Å². The van der Waals surface area contributed by atoms with Gasteiger partial charge in [0.1, 0.15) is 0 Å². The van der Waals surface area contributed by atoms with E-state index < -0.39 is 9.84 Å². The van der Waals surface area contributed by atoms with Gasteiger partial charge in [0.15, 0.2) is 9.84 Å². The molecule has 0 spiro atoms. The van der Waals surface area contributed by atoms with Gasteiger partial charge in [-0.2, -0.15) is 5.10 Å². The van der Waals surface area contributed by atoms with E-state index in [2.05, 4.69) is 19.2 Å². The van der Waals surface area contributed by atoms with Crippen LogP contribution in [0.25, 0.3) is 0 Å². The molecule has 2 aliphatic heterocycles. The van der Waals surface area contributed by atoms with Gasteiger partial charge >= 0.3 is 0 Å². The average Bonchev–Trinajstić information content (AvgIpc) is 2.74. The molecule has 6 heteroatoms. The van der Waals surface area contributed by atoms with Crippen LogP contribution in [0, 0.1) is 13.8 Å². The van der Waals surface area contributed by atoms with Crippen LogP contribution in [0.1, 0.15) is 54.6 Å². The van der Waals surface area contributed by atoms with Gasteiger partial charge < -0.3 is 5.32 Å². The van der Waals surface area contributed by atoms with Crippen molar-refractivity contribution in [3.63, 3.8) is 0 Å². The third-order valence-electron chi connectivity index (χ3n) is 4.91. The van der Waals surface area contributed by atoms with Crippen molar-refractivity contribution in [2.24, 2.45) is 0 Å². The molecule has 0 amide bonds. The first-order valence-corrected chi connectivity index (χ1v) is 9.77. The highest BCUT2D eigenvalue weighted by Crippen LogP contribution is 2.33. The SMILES string of the molecule is Cc1nn(C2CCCS(=O)(=O)C2)c(C)c1C1CCNCC1. The summed E-state index contributed by atoms with van der Waals surface area (Å²) in [5.41, 5.74) is 3.63. The average molecular weight is 311 g/mol. The van der Waals surface area contributed by atoms with Crippen molar-refractivity contribution in [1.29, 1.82) is 0 Å². The number of piperidine rings is 1. The molecule has 0 aliphatic carbocycles. The fourth-order valence-electron chi connectivity index (χ4n) is 3.92. The van der Waals surface area contributed by atoms with E-state index in [9.17, 15) is 8.42 Å².